The van der Waals surface area contributed by atoms with Gasteiger partial charge in [0.1, 0.15) is 0 Å². The number of nitrogens with zero attached hydrogens (tertiary/aromatic N) is 1. The van der Waals surface area contributed by atoms with Crippen LogP contribution in [0, 0.1) is 16.0 Å². The number of nitro benzene ring substituents is 1. The van der Waals surface area contributed by atoms with Crippen LogP contribution in [0.15, 0.2) is 48.5 Å². The van der Waals surface area contributed by atoms with E-state index in [-0.39, 0.29) is 33.9 Å². The number of carbonyl (C=O) groups is 1. The van der Waals surface area contributed by atoms with Gasteiger partial charge in [-0.2, -0.15) is 0 Å². The van der Waals surface area contributed by atoms with Crippen LogP contribution in [0.1, 0.15) is 53.8 Å². The molecule has 0 saturated carbocycles. The molecular formula is C21H24NO3PS. The lowest BCUT2D eigenvalue weighted by atomic mass is 9.87. The molecule has 2 aromatic carbocycles. The second-order valence-electron chi connectivity index (χ2n) is 7.11. The summed E-state index contributed by atoms with van der Waals surface area (Å²) in [6.45, 7) is 6.17. The normalized spacial score (nSPS) is 20.3. The summed E-state index contributed by atoms with van der Waals surface area (Å²) in [7, 11) is 0. The van der Waals surface area contributed by atoms with E-state index < -0.39 is 6.04 Å². The Morgan fingerprint density at radius 3 is 2.30 bits per heavy atom. The maximum absolute atomic E-state index is 13.4. The summed E-state index contributed by atoms with van der Waals surface area (Å²) in [6.07, 6.45) is 1.56. The fourth-order valence-electron chi connectivity index (χ4n) is 4.40. The molecule has 0 fully saturated rings. The quantitative estimate of drug-likeness (QED) is 0.350. The monoisotopic (exact) mass is 401 g/mol. The molecule has 0 radical (unpaired) electrons. The first-order chi connectivity index (χ1) is 12.9. The first-order valence-electron chi connectivity index (χ1n) is 9.30. The van der Waals surface area contributed by atoms with Gasteiger partial charge in [-0.25, -0.2) is 0 Å². The number of nitro groups is 1. The van der Waals surface area contributed by atoms with Gasteiger partial charge in [0, 0.05) is 28.8 Å². The van der Waals surface area contributed by atoms with Gasteiger partial charge in [-0.1, -0.05) is 75.0 Å². The van der Waals surface area contributed by atoms with Crippen LogP contribution in [0.2, 0.25) is 0 Å². The van der Waals surface area contributed by atoms with E-state index in [1.165, 1.54) is 6.07 Å². The van der Waals surface area contributed by atoms with Crippen LogP contribution >= 0.6 is 6.04 Å². The highest BCUT2D eigenvalue weighted by Crippen LogP contribution is 2.66. The molecule has 1 aliphatic carbocycles. The van der Waals surface area contributed by atoms with Crippen LogP contribution in [0.25, 0.3) is 0 Å². The fourth-order valence-corrected chi connectivity index (χ4v) is 8.07. The van der Waals surface area contributed by atoms with Gasteiger partial charge in [-0.15, -0.1) is 0 Å². The minimum absolute atomic E-state index is 0.000986. The van der Waals surface area contributed by atoms with Gasteiger partial charge < -0.3 is 0 Å². The smallest absolute Gasteiger partial charge is 0.273 e. The van der Waals surface area contributed by atoms with Gasteiger partial charge in [0.05, 0.1) is 4.92 Å². The van der Waals surface area contributed by atoms with Gasteiger partial charge in [0.15, 0.2) is 5.78 Å². The number of para-hydroxylation sites is 1. The minimum atomic E-state index is -2.02. The van der Waals surface area contributed by atoms with E-state index in [4.69, 9.17) is 11.8 Å². The summed E-state index contributed by atoms with van der Waals surface area (Å²) in [5.41, 5.74) is 2.21. The fraction of sp³-hybridized carbons (Fsp3) is 0.381. The Kier molecular flexibility index (Phi) is 5.64. The molecule has 0 spiro atoms. The SMILES string of the molecule is CCP(=S)(CC)C(c1ccccc1[N+](=O)[O-])C1C(=O)c2ccccc2C1C. The number of hydrogen-bond donors (Lipinski definition) is 0. The number of rotatable bonds is 6. The lowest BCUT2D eigenvalue weighted by Crippen LogP contribution is -2.24. The van der Waals surface area contributed by atoms with E-state index in [1.807, 2.05) is 30.3 Å². The van der Waals surface area contributed by atoms with Crippen LogP contribution < -0.4 is 0 Å². The summed E-state index contributed by atoms with van der Waals surface area (Å²) < 4.78 is 0. The summed E-state index contributed by atoms with van der Waals surface area (Å²) >= 11 is 6.14. The second kappa shape index (κ2) is 7.65. The molecular weight excluding hydrogens is 377 g/mol. The molecule has 3 atom stereocenters. The largest absolute Gasteiger partial charge is 0.294 e. The Labute approximate surface area is 165 Å². The minimum Gasteiger partial charge on any atom is -0.294 e. The van der Waals surface area contributed by atoms with Crippen LogP contribution in [0.3, 0.4) is 0 Å². The van der Waals surface area contributed by atoms with Crippen LogP contribution in [-0.2, 0) is 11.8 Å². The van der Waals surface area contributed by atoms with Crippen molar-refractivity contribution in [2.24, 2.45) is 5.92 Å². The zero-order valence-corrected chi connectivity index (χ0v) is 17.5. The third kappa shape index (κ3) is 3.28. The van der Waals surface area contributed by atoms with Gasteiger partial charge in [0.2, 0.25) is 0 Å². The van der Waals surface area contributed by atoms with E-state index in [9.17, 15) is 14.9 Å². The molecule has 27 heavy (non-hydrogen) atoms. The predicted molar refractivity (Wildman–Crippen MR) is 114 cm³/mol. The van der Waals surface area contributed by atoms with Gasteiger partial charge >= 0.3 is 0 Å². The number of Topliss-reactive ketones (excluding diaryl/α,β-unsaturated/α-hetero) is 1. The first kappa shape index (κ1) is 19.9. The molecule has 0 N–H and O–H groups in total. The average Bonchev–Trinajstić information content (AvgIpc) is 2.93. The molecule has 2 aromatic rings. The molecule has 4 nitrogen and oxygen atoms in total. The van der Waals surface area contributed by atoms with E-state index in [0.29, 0.717) is 5.56 Å². The third-order valence-electron chi connectivity index (χ3n) is 5.93. The van der Waals surface area contributed by atoms with E-state index >= 15 is 0 Å². The predicted octanol–water partition coefficient (Wildman–Crippen LogP) is 5.77. The Morgan fingerprint density at radius 1 is 1.11 bits per heavy atom. The van der Waals surface area contributed by atoms with Gasteiger partial charge in [-0.05, 0) is 29.8 Å². The molecule has 0 amide bonds. The molecule has 0 heterocycles. The molecule has 1 aliphatic rings. The highest BCUT2D eigenvalue weighted by atomic mass is 32.4. The Balaban J connectivity index is 2.24. The number of hydrogen-bond acceptors (Lipinski definition) is 4. The number of benzene rings is 2. The van der Waals surface area contributed by atoms with Crippen molar-refractivity contribution in [1.29, 1.82) is 0 Å². The topological polar surface area (TPSA) is 60.2 Å². The molecule has 142 valence electrons. The van der Waals surface area contributed by atoms with Crippen LogP contribution in [0.4, 0.5) is 5.69 Å². The summed E-state index contributed by atoms with van der Waals surface area (Å²) in [6, 6.07) is 12.5. The van der Waals surface area contributed by atoms with Crippen LogP contribution in [-0.4, -0.2) is 23.0 Å². The van der Waals surface area contributed by atoms with Crippen molar-refractivity contribution in [3.05, 3.63) is 75.3 Å². The number of fused-ring (bicyclic) bond motifs is 1. The zero-order valence-electron chi connectivity index (χ0n) is 15.8. The van der Waals surface area contributed by atoms with E-state index in [0.717, 1.165) is 23.5 Å². The Hall–Kier alpha value is -1.84. The van der Waals surface area contributed by atoms with Gasteiger partial charge in [-0.3, -0.25) is 14.9 Å². The van der Waals surface area contributed by atoms with E-state index in [2.05, 4.69) is 20.8 Å². The first-order valence-corrected chi connectivity index (χ1v) is 12.5. The molecule has 3 unspecified atom stereocenters. The van der Waals surface area contributed by atoms with E-state index in [1.54, 1.807) is 12.1 Å². The second-order valence-corrected chi connectivity index (χ2v) is 13.0. The van der Waals surface area contributed by atoms with Crippen molar-refractivity contribution in [3.8, 4) is 0 Å². The summed E-state index contributed by atoms with van der Waals surface area (Å²) in [5.74, 6) is -0.259. The van der Waals surface area contributed by atoms with Crippen molar-refractivity contribution in [3.63, 3.8) is 0 Å². The molecule has 6 heteroatoms. The third-order valence-corrected chi connectivity index (χ3v) is 11.9. The van der Waals surface area contributed by atoms with Crippen LogP contribution in [0.5, 0.6) is 0 Å². The average molecular weight is 401 g/mol. The van der Waals surface area contributed by atoms with Crippen molar-refractivity contribution in [2.45, 2.75) is 32.3 Å². The number of carbonyl (C=O) groups excluding carboxylic acids is 1. The Morgan fingerprint density at radius 2 is 1.70 bits per heavy atom. The lowest BCUT2D eigenvalue weighted by Gasteiger charge is -2.35. The molecule has 3 rings (SSSR count). The standard InChI is InChI=1S/C21H24NO3PS/c1-4-26(27,5-2)21(17-12-8-9-13-18(17)22(24)25)19-14(3)15-10-6-7-11-16(15)20(19)23/h6-14,19,21H,4-5H2,1-3H3. The lowest BCUT2D eigenvalue weighted by molar-refractivity contribution is -0.385. The molecule has 0 saturated heterocycles. The van der Waals surface area contributed by atoms with Crippen molar-refractivity contribution in [1.82, 2.24) is 0 Å². The van der Waals surface area contributed by atoms with Crippen molar-refractivity contribution in [2.75, 3.05) is 12.3 Å². The van der Waals surface area contributed by atoms with Crippen molar-refractivity contribution < 1.29 is 9.72 Å². The zero-order chi connectivity index (χ0) is 19.8. The molecule has 0 aliphatic heterocycles. The summed E-state index contributed by atoms with van der Waals surface area (Å²) in [4.78, 5) is 24.8. The maximum atomic E-state index is 13.4. The Bertz CT molecular complexity index is 935. The molecule has 0 bridgehead atoms. The maximum Gasteiger partial charge on any atom is 0.273 e. The highest BCUT2D eigenvalue weighted by molar-refractivity contribution is 8.14. The van der Waals surface area contributed by atoms with Gasteiger partial charge in [0.25, 0.3) is 5.69 Å². The molecule has 0 aromatic heterocycles. The number of ketones is 1. The highest BCUT2D eigenvalue weighted by Gasteiger charge is 2.48. The summed E-state index contributed by atoms with van der Waals surface area (Å²) in [5, 5.41) is 11.7. The van der Waals surface area contributed by atoms with Crippen molar-refractivity contribution >= 4 is 29.3 Å².